The largest absolute Gasteiger partial charge is 0.349 e. The molecule has 0 unspecified atom stereocenters. The van der Waals surface area contributed by atoms with Gasteiger partial charge in [0.2, 0.25) is 11.8 Å². The van der Waals surface area contributed by atoms with E-state index in [1.54, 1.807) is 4.90 Å². The van der Waals surface area contributed by atoms with Crippen LogP contribution in [0.4, 0.5) is 0 Å². The van der Waals surface area contributed by atoms with Crippen molar-refractivity contribution < 1.29 is 9.59 Å². The van der Waals surface area contributed by atoms with Crippen LogP contribution in [0.15, 0.2) is 30.3 Å². The molecule has 1 atom stereocenters. The second-order valence-corrected chi connectivity index (χ2v) is 4.76. The molecule has 4 nitrogen and oxygen atoms in total. The first-order valence-corrected chi connectivity index (χ1v) is 6.18. The van der Waals surface area contributed by atoms with Crippen LogP contribution in [0.25, 0.3) is 0 Å². The van der Waals surface area contributed by atoms with Crippen molar-refractivity contribution in [3.63, 3.8) is 0 Å². The number of nitrogens with one attached hydrogen (secondary N) is 1. The first-order valence-electron chi connectivity index (χ1n) is 6.18. The third-order valence-corrected chi connectivity index (χ3v) is 3.36. The van der Waals surface area contributed by atoms with E-state index in [4.69, 9.17) is 0 Å². The molecule has 18 heavy (non-hydrogen) atoms. The van der Waals surface area contributed by atoms with Gasteiger partial charge in [-0.15, -0.1) is 0 Å². The lowest BCUT2D eigenvalue weighted by Crippen LogP contribution is -2.55. The molecule has 1 fully saturated rings. The van der Waals surface area contributed by atoms with Crippen molar-refractivity contribution in [3.8, 4) is 0 Å². The predicted molar refractivity (Wildman–Crippen MR) is 68.7 cm³/mol. The van der Waals surface area contributed by atoms with Gasteiger partial charge in [0.1, 0.15) is 0 Å². The van der Waals surface area contributed by atoms with E-state index < -0.39 is 0 Å². The molecule has 0 spiro atoms. The zero-order chi connectivity index (χ0) is 13.1. The summed E-state index contributed by atoms with van der Waals surface area (Å²) in [7, 11) is 0. The Labute approximate surface area is 107 Å². The van der Waals surface area contributed by atoms with Gasteiger partial charge in [-0.25, -0.2) is 0 Å². The standard InChI is InChI=1S/C14H18N2O2/c1-10(12-6-4-3-5-7-12)15-14(18)13-8-16(9-13)11(2)17/h3-7,10,13H,8-9H2,1-2H3,(H,15,18)/t10-/m1/s1. The van der Waals surface area contributed by atoms with Gasteiger partial charge >= 0.3 is 0 Å². The maximum Gasteiger partial charge on any atom is 0.227 e. The SMILES string of the molecule is CC(=O)N1CC(C(=O)N[C@H](C)c2ccccc2)C1. The normalized spacial score (nSPS) is 16.9. The third-order valence-electron chi connectivity index (χ3n) is 3.36. The van der Waals surface area contributed by atoms with Gasteiger partial charge in [-0.05, 0) is 12.5 Å². The summed E-state index contributed by atoms with van der Waals surface area (Å²) in [6.07, 6.45) is 0. The number of rotatable bonds is 3. The van der Waals surface area contributed by atoms with Gasteiger partial charge in [-0.2, -0.15) is 0 Å². The van der Waals surface area contributed by atoms with Gasteiger partial charge in [0.05, 0.1) is 12.0 Å². The molecule has 1 saturated heterocycles. The molecule has 0 aromatic heterocycles. The van der Waals surface area contributed by atoms with E-state index in [1.807, 2.05) is 37.3 Å². The first kappa shape index (κ1) is 12.6. The molecule has 2 amide bonds. The number of nitrogens with zero attached hydrogens (tertiary/aromatic N) is 1. The van der Waals surface area contributed by atoms with Crippen LogP contribution < -0.4 is 5.32 Å². The molecule has 1 aliphatic rings. The van der Waals surface area contributed by atoms with Crippen LogP contribution >= 0.6 is 0 Å². The van der Waals surface area contributed by atoms with Crippen molar-refractivity contribution in [2.75, 3.05) is 13.1 Å². The fourth-order valence-electron chi connectivity index (χ4n) is 2.06. The monoisotopic (exact) mass is 246 g/mol. The topological polar surface area (TPSA) is 49.4 Å². The van der Waals surface area contributed by atoms with Gasteiger partial charge < -0.3 is 10.2 Å². The van der Waals surface area contributed by atoms with E-state index >= 15 is 0 Å². The highest BCUT2D eigenvalue weighted by Crippen LogP contribution is 2.18. The Hall–Kier alpha value is -1.84. The second-order valence-electron chi connectivity index (χ2n) is 4.76. The van der Waals surface area contributed by atoms with Crippen molar-refractivity contribution in [2.24, 2.45) is 5.92 Å². The lowest BCUT2D eigenvalue weighted by atomic mass is 9.98. The second kappa shape index (κ2) is 5.21. The van der Waals surface area contributed by atoms with E-state index in [0.717, 1.165) is 5.56 Å². The number of carbonyl (C=O) groups is 2. The van der Waals surface area contributed by atoms with Crippen LogP contribution in [0.3, 0.4) is 0 Å². The van der Waals surface area contributed by atoms with Gasteiger partial charge in [-0.3, -0.25) is 9.59 Å². The molecular formula is C14H18N2O2. The number of likely N-dealkylation sites (tertiary alicyclic amines) is 1. The molecule has 0 aliphatic carbocycles. The Morgan fingerprint density at radius 3 is 2.44 bits per heavy atom. The number of benzene rings is 1. The zero-order valence-corrected chi connectivity index (χ0v) is 10.7. The molecular weight excluding hydrogens is 228 g/mol. The van der Waals surface area contributed by atoms with Crippen LogP contribution in [0.2, 0.25) is 0 Å². The van der Waals surface area contributed by atoms with E-state index in [9.17, 15) is 9.59 Å². The summed E-state index contributed by atoms with van der Waals surface area (Å²) in [5.74, 6) is 0.0130. The molecule has 96 valence electrons. The molecule has 1 N–H and O–H groups in total. The first-order chi connectivity index (χ1) is 8.58. The Balaban J connectivity index is 1.84. The fourth-order valence-corrected chi connectivity index (χ4v) is 2.06. The average molecular weight is 246 g/mol. The molecule has 0 radical (unpaired) electrons. The number of hydrogen-bond donors (Lipinski definition) is 1. The molecule has 2 rings (SSSR count). The van der Waals surface area contributed by atoms with E-state index in [-0.39, 0.29) is 23.8 Å². The highest BCUT2D eigenvalue weighted by molar-refractivity contribution is 5.83. The minimum Gasteiger partial charge on any atom is -0.349 e. The number of amides is 2. The minimum absolute atomic E-state index is 0.00470. The molecule has 1 heterocycles. The Morgan fingerprint density at radius 2 is 1.89 bits per heavy atom. The summed E-state index contributed by atoms with van der Waals surface area (Å²) in [6, 6.07) is 9.86. The molecule has 1 aromatic carbocycles. The summed E-state index contributed by atoms with van der Waals surface area (Å²) in [5.41, 5.74) is 1.09. The highest BCUT2D eigenvalue weighted by Gasteiger charge is 2.34. The molecule has 0 saturated carbocycles. The van der Waals surface area contributed by atoms with Crippen LogP contribution in [0.1, 0.15) is 25.5 Å². The van der Waals surface area contributed by atoms with Gasteiger partial charge in [0, 0.05) is 20.0 Å². The summed E-state index contributed by atoms with van der Waals surface area (Å²) in [4.78, 5) is 24.6. The number of carbonyl (C=O) groups excluding carboxylic acids is 2. The van der Waals surface area contributed by atoms with Crippen molar-refractivity contribution in [1.82, 2.24) is 10.2 Å². The zero-order valence-electron chi connectivity index (χ0n) is 10.7. The maximum absolute atomic E-state index is 11.9. The van der Waals surface area contributed by atoms with E-state index in [1.165, 1.54) is 6.92 Å². The fraction of sp³-hybridized carbons (Fsp3) is 0.429. The van der Waals surface area contributed by atoms with Crippen LogP contribution in [0, 0.1) is 5.92 Å². The Bertz CT molecular complexity index is 438. The molecule has 1 aromatic rings. The van der Waals surface area contributed by atoms with Gasteiger partial charge in [-0.1, -0.05) is 30.3 Å². The van der Waals surface area contributed by atoms with E-state index in [2.05, 4.69) is 5.32 Å². The summed E-state index contributed by atoms with van der Waals surface area (Å²) >= 11 is 0. The van der Waals surface area contributed by atoms with Crippen molar-refractivity contribution in [1.29, 1.82) is 0 Å². The van der Waals surface area contributed by atoms with E-state index in [0.29, 0.717) is 13.1 Å². The maximum atomic E-state index is 11.9. The molecule has 0 bridgehead atoms. The van der Waals surface area contributed by atoms with Crippen molar-refractivity contribution >= 4 is 11.8 Å². The molecule has 4 heteroatoms. The average Bonchev–Trinajstić information content (AvgIpc) is 2.27. The van der Waals surface area contributed by atoms with Crippen molar-refractivity contribution in [2.45, 2.75) is 19.9 Å². The summed E-state index contributed by atoms with van der Waals surface area (Å²) < 4.78 is 0. The van der Waals surface area contributed by atoms with Crippen LogP contribution in [-0.2, 0) is 9.59 Å². The quantitative estimate of drug-likeness (QED) is 0.875. The third kappa shape index (κ3) is 2.70. The predicted octanol–water partition coefficient (Wildman–Crippen LogP) is 1.34. The summed E-state index contributed by atoms with van der Waals surface area (Å²) in [6.45, 7) is 4.58. The van der Waals surface area contributed by atoms with Crippen LogP contribution in [0.5, 0.6) is 0 Å². The smallest absolute Gasteiger partial charge is 0.227 e. The van der Waals surface area contributed by atoms with Gasteiger partial charge in [0.15, 0.2) is 0 Å². The van der Waals surface area contributed by atoms with Crippen LogP contribution in [-0.4, -0.2) is 29.8 Å². The lowest BCUT2D eigenvalue weighted by Gasteiger charge is -2.38. The van der Waals surface area contributed by atoms with Crippen molar-refractivity contribution in [3.05, 3.63) is 35.9 Å². The minimum atomic E-state index is -0.0555. The molecule has 1 aliphatic heterocycles. The Kier molecular flexibility index (Phi) is 3.65. The Morgan fingerprint density at radius 1 is 1.28 bits per heavy atom. The highest BCUT2D eigenvalue weighted by atomic mass is 16.2. The number of hydrogen-bond acceptors (Lipinski definition) is 2. The lowest BCUT2D eigenvalue weighted by molar-refractivity contribution is -0.141. The van der Waals surface area contributed by atoms with Gasteiger partial charge in [0.25, 0.3) is 0 Å². The summed E-state index contributed by atoms with van der Waals surface area (Å²) in [5, 5.41) is 2.98.